The Morgan fingerprint density at radius 1 is 1.11 bits per heavy atom. The molecule has 2 aromatic rings. The van der Waals surface area contributed by atoms with Gasteiger partial charge in [-0.3, -0.25) is 5.32 Å². The zero-order valence-electron chi connectivity index (χ0n) is 9.15. The number of urea groups is 1. The van der Waals surface area contributed by atoms with Crippen molar-refractivity contribution < 1.29 is 4.79 Å². The van der Waals surface area contributed by atoms with Crippen LogP contribution in [0.3, 0.4) is 0 Å². The highest BCUT2D eigenvalue weighted by Crippen LogP contribution is 2.18. The molecule has 0 saturated carbocycles. The van der Waals surface area contributed by atoms with E-state index in [1.165, 1.54) is 0 Å². The van der Waals surface area contributed by atoms with Gasteiger partial charge in [-0.1, -0.05) is 29.3 Å². The molecular weight excluding hydrogens is 273 g/mol. The van der Waals surface area contributed by atoms with Crippen molar-refractivity contribution in [1.29, 1.82) is 0 Å². The fourth-order valence-corrected chi connectivity index (χ4v) is 1.67. The number of rotatable bonds is 2. The number of hydrogen-bond donors (Lipinski definition) is 2. The van der Waals surface area contributed by atoms with E-state index in [9.17, 15) is 4.79 Å². The summed E-state index contributed by atoms with van der Waals surface area (Å²) in [6.07, 6.45) is 1.54. The van der Waals surface area contributed by atoms with E-state index in [4.69, 9.17) is 23.2 Å². The lowest BCUT2D eigenvalue weighted by Crippen LogP contribution is -2.20. The van der Waals surface area contributed by atoms with Crippen LogP contribution in [0.1, 0.15) is 0 Å². The van der Waals surface area contributed by atoms with Crippen molar-refractivity contribution in [2.24, 2.45) is 0 Å². The topological polar surface area (TPSA) is 54.0 Å². The van der Waals surface area contributed by atoms with E-state index in [0.29, 0.717) is 21.6 Å². The van der Waals surface area contributed by atoms with Crippen molar-refractivity contribution in [3.05, 3.63) is 52.6 Å². The van der Waals surface area contributed by atoms with Crippen molar-refractivity contribution in [2.45, 2.75) is 0 Å². The average molecular weight is 282 g/mol. The highest BCUT2D eigenvalue weighted by molar-refractivity contribution is 6.33. The molecule has 0 bridgehead atoms. The third-order valence-electron chi connectivity index (χ3n) is 2.07. The van der Waals surface area contributed by atoms with Gasteiger partial charge in [0.05, 0.1) is 5.02 Å². The molecule has 0 aliphatic heterocycles. The van der Waals surface area contributed by atoms with Crippen LogP contribution in [0.15, 0.2) is 42.6 Å². The third kappa shape index (κ3) is 3.35. The summed E-state index contributed by atoms with van der Waals surface area (Å²) in [6, 6.07) is 9.72. The molecule has 2 N–H and O–H groups in total. The Morgan fingerprint density at radius 2 is 1.94 bits per heavy atom. The first-order chi connectivity index (χ1) is 8.65. The number of carbonyl (C=O) groups is 1. The first-order valence-corrected chi connectivity index (χ1v) is 5.85. The number of amides is 2. The summed E-state index contributed by atoms with van der Waals surface area (Å²) in [6.45, 7) is 0. The van der Waals surface area contributed by atoms with E-state index in [1.807, 2.05) is 0 Å². The minimum atomic E-state index is -0.433. The monoisotopic (exact) mass is 281 g/mol. The van der Waals surface area contributed by atoms with Gasteiger partial charge in [0, 0.05) is 16.9 Å². The normalized spacial score (nSPS) is 9.89. The molecule has 1 aromatic carbocycles. The number of nitrogens with zero attached hydrogens (tertiary/aromatic N) is 1. The van der Waals surface area contributed by atoms with Crippen molar-refractivity contribution >= 4 is 40.7 Å². The van der Waals surface area contributed by atoms with Gasteiger partial charge in [-0.15, -0.1) is 0 Å². The van der Waals surface area contributed by atoms with Crippen LogP contribution in [0, 0.1) is 0 Å². The maximum Gasteiger partial charge on any atom is 0.324 e. The predicted molar refractivity (Wildman–Crippen MR) is 73.3 cm³/mol. The van der Waals surface area contributed by atoms with E-state index >= 15 is 0 Å². The Labute approximate surface area is 114 Å². The first-order valence-electron chi connectivity index (χ1n) is 5.09. The molecule has 0 unspecified atom stereocenters. The molecule has 92 valence electrons. The van der Waals surface area contributed by atoms with Crippen LogP contribution in [-0.2, 0) is 0 Å². The van der Waals surface area contributed by atoms with E-state index < -0.39 is 6.03 Å². The quantitative estimate of drug-likeness (QED) is 0.873. The van der Waals surface area contributed by atoms with Gasteiger partial charge in [0.15, 0.2) is 5.82 Å². The molecule has 0 radical (unpaired) electrons. The highest BCUT2D eigenvalue weighted by atomic mass is 35.5. The number of hydrogen-bond acceptors (Lipinski definition) is 2. The number of anilines is 2. The Morgan fingerprint density at radius 3 is 2.67 bits per heavy atom. The average Bonchev–Trinajstić information content (AvgIpc) is 2.32. The molecule has 4 nitrogen and oxygen atoms in total. The maximum absolute atomic E-state index is 11.7. The fraction of sp³-hybridized carbons (Fsp3) is 0. The van der Waals surface area contributed by atoms with Gasteiger partial charge in [0.1, 0.15) is 0 Å². The van der Waals surface area contributed by atoms with Gasteiger partial charge in [-0.2, -0.15) is 0 Å². The number of aromatic nitrogens is 1. The summed E-state index contributed by atoms with van der Waals surface area (Å²) in [4.78, 5) is 15.6. The molecule has 18 heavy (non-hydrogen) atoms. The number of halogens is 2. The standard InChI is InChI=1S/C12H9Cl2N3O/c13-8-3-1-4-9(7-8)16-12(18)17-11-10(14)5-2-6-15-11/h1-7H,(H2,15,16,17,18). The smallest absolute Gasteiger partial charge is 0.308 e. The van der Waals surface area contributed by atoms with Gasteiger partial charge in [0.2, 0.25) is 0 Å². The van der Waals surface area contributed by atoms with E-state index in [1.54, 1.807) is 42.6 Å². The molecule has 2 rings (SSSR count). The van der Waals surface area contributed by atoms with Crippen LogP contribution in [0.2, 0.25) is 10.0 Å². The number of carbonyl (C=O) groups excluding carboxylic acids is 1. The molecule has 0 spiro atoms. The van der Waals surface area contributed by atoms with Gasteiger partial charge in [0.25, 0.3) is 0 Å². The second kappa shape index (κ2) is 5.71. The van der Waals surface area contributed by atoms with Crippen molar-refractivity contribution in [2.75, 3.05) is 10.6 Å². The zero-order chi connectivity index (χ0) is 13.0. The van der Waals surface area contributed by atoms with Crippen molar-refractivity contribution in [1.82, 2.24) is 4.98 Å². The molecule has 0 fully saturated rings. The summed E-state index contributed by atoms with van der Waals surface area (Å²) in [5, 5.41) is 6.09. The van der Waals surface area contributed by atoms with Gasteiger partial charge in [-0.25, -0.2) is 9.78 Å². The molecular formula is C12H9Cl2N3O. The lowest BCUT2D eigenvalue weighted by Gasteiger charge is -2.08. The Hall–Kier alpha value is -1.78. The molecule has 0 aliphatic carbocycles. The summed E-state index contributed by atoms with van der Waals surface area (Å²) >= 11 is 11.7. The Kier molecular flexibility index (Phi) is 4.02. The minimum absolute atomic E-state index is 0.304. The second-order valence-electron chi connectivity index (χ2n) is 3.42. The van der Waals surface area contributed by atoms with Crippen LogP contribution in [0.5, 0.6) is 0 Å². The van der Waals surface area contributed by atoms with E-state index in [2.05, 4.69) is 15.6 Å². The lowest BCUT2D eigenvalue weighted by atomic mass is 10.3. The summed E-state index contributed by atoms with van der Waals surface area (Å²) in [7, 11) is 0. The SMILES string of the molecule is O=C(Nc1cccc(Cl)c1)Nc1ncccc1Cl. The predicted octanol–water partition coefficient (Wildman–Crippen LogP) is 4.03. The largest absolute Gasteiger partial charge is 0.324 e. The molecule has 0 saturated heterocycles. The molecule has 2 amide bonds. The van der Waals surface area contributed by atoms with Gasteiger partial charge >= 0.3 is 6.03 Å². The van der Waals surface area contributed by atoms with Crippen LogP contribution in [-0.4, -0.2) is 11.0 Å². The number of nitrogens with one attached hydrogen (secondary N) is 2. The lowest BCUT2D eigenvalue weighted by molar-refractivity contribution is 0.262. The highest BCUT2D eigenvalue weighted by Gasteiger charge is 2.06. The number of benzene rings is 1. The van der Waals surface area contributed by atoms with E-state index in [0.717, 1.165) is 0 Å². The summed E-state index contributed by atoms with van der Waals surface area (Å²) in [5.41, 5.74) is 0.590. The van der Waals surface area contributed by atoms with Crippen LogP contribution < -0.4 is 10.6 Å². The second-order valence-corrected chi connectivity index (χ2v) is 4.27. The first kappa shape index (κ1) is 12.7. The number of pyridine rings is 1. The zero-order valence-corrected chi connectivity index (χ0v) is 10.7. The minimum Gasteiger partial charge on any atom is -0.308 e. The molecule has 0 atom stereocenters. The van der Waals surface area contributed by atoms with Crippen LogP contribution >= 0.6 is 23.2 Å². The molecule has 6 heteroatoms. The molecule has 1 aromatic heterocycles. The summed E-state index contributed by atoms with van der Waals surface area (Å²) < 4.78 is 0. The Balaban J connectivity index is 2.03. The van der Waals surface area contributed by atoms with Crippen molar-refractivity contribution in [3.8, 4) is 0 Å². The fourth-order valence-electron chi connectivity index (χ4n) is 1.31. The van der Waals surface area contributed by atoms with E-state index in [-0.39, 0.29) is 0 Å². The molecule has 1 heterocycles. The van der Waals surface area contributed by atoms with Crippen molar-refractivity contribution in [3.63, 3.8) is 0 Å². The summed E-state index contributed by atoms with van der Waals surface area (Å²) in [5.74, 6) is 0.304. The van der Waals surface area contributed by atoms with Gasteiger partial charge in [-0.05, 0) is 30.3 Å². The maximum atomic E-state index is 11.7. The van der Waals surface area contributed by atoms with Gasteiger partial charge < -0.3 is 5.32 Å². The Bertz CT molecular complexity index is 575. The third-order valence-corrected chi connectivity index (χ3v) is 2.61. The molecule has 0 aliphatic rings. The van der Waals surface area contributed by atoms with Crippen LogP contribution in [0.25, 0.3) is 0 Å². The van der Waals surface area contributed by atoms with Crippen LogP contribution in [0.4, 0.5) is 16.3 Å².